The summed E-state index contributed by atoms with van der Waals surface area (Å²) in [4.78, 5) is 0. The van der Waals surface area contributed by atoms with Crippen molar-refractivity contribution in [1.82, 2.24) is 14.8 Å². The van der Waals surface area contributed by atoms with Crippen LogP contribution in [0.25, 0.3) is 11.4 Å². The number of benzene rings is 1. The van der Waals surface area contributed by atoms with Crippen LogP contribution in [0.5, 0.6) is 0 Å². The van der Waals surface area contributed by atoms with E-state index in [2.05, 4.69) is 15.5 Å². The predicted molar refractivity (Wildman–Crippen MR) is 72.5 cm³/mol. The van der Waals surface area contributed by atoms with Gasteiger partial charge < -0.3 is 14.3 Å². The third kappa shape index (κ3) is 2.35. The summed E-state index contributed by atoms with van der Waals surface area (Å²) in [5, 5.41) is 11.4. The number of nitrogens with one attached hydrogen (secondary N) is 1. The highest BCUT2D eigenvalue weighted by atomic mass is 16.3. The second-order valence-corrected chi connectivity index (χ2v) is 4.24. The Bertz CT molecular complexity index is 658. The van der Waals surface area contributed by atoms with E-state index in [1.54, 1.807) is 12.6 Å². The van der Waals surface area contributed by atoms with Crippen molar-refractivity contribution in [2.24, 2.45) is 7.05 Å². The molecule has 0 saturated heterocycles. The number of hydrogen-bond donors (Lipinski definition) is 1. The van der Waals surface area contributed by atoms with Crippen molar-refractivity contribution in [3.8, 4) is 11.4 Å². The molecule has 2 heterocycles. The van der Waals surface area contributed by atoms with Crippen LogP contribution in [0.4, 0.5) is 5.69 Å². The fraction of sp³-hybridized carbons (Fsp3) is 0.143. The van der Waals surface area contributed by atoms with Gasteiger partial charge in [-0.2, -0.15) is 0 Å². The number of para-hydroxylation sites is 1. The maximum absolute atomic E-state index is 5.31. The van der Waals surface area contributed by atoms with Gasteiger partial charge in [0.25, 0.3) is 0 Å². The van der Waals surface area contributed by atoms with Crippen LogP contribution < -0.4 is 5.32 Å². The van der Waals surface area contributed by atoms with Gasteiger partial charge in [0.1, 0.15) is 12.1 Å². The van der Waals surface area contributed by atoms with Crippen molar-refractivity contribution in [2.45, 2.75) is 6.54 Å². The average Bonchev–Trinajstić information content (AvgIpc) is 3.08. The highest BCUT2D eigenvalue weighted by molar-refractivity contribution is 5.73. The first-order valence-electron chi connectivity index (χ1n) is 6.04. The van der Waals surface area contributed by atoms with Crippen LogP contribution in [0, 0.1) is 0 Å². The molecular weight excluding hydrogens is 240 g/mol. The fourth-order valence-corrected chi connectivity index (χ4v) is 1.95. The minimum absolute atomic E-state index is 0.641. The Labute approximate surface area is 110 Å². The molecule has 0 unspecified atom stereocenters. The SMILES string of the molecule is Cn1cnnc1-c1ccccc1NCc1ccco1. The van der Waals surface area contributed by atoms with Crippen LogP contribution in [0.2, 0.25) is 0 Å². The van der Waals surface area contributed by atoms with Gasteiger partial charge in [0.15, 0.2) is 5.82 Å². The van der Waals surface area contributed by atoms with E-state index in [1.807, 2.05) is 48.0 Å². The van der Waals surface area contributed by atoms with Gasteiger partial charge in [-0.15, -0.1) is 10.2 Å². The molecule has 0 fully saturated rings. The molecule has 0 spiro atoms. The van der Waals surface area contributed by atoms with Crippen LogP contribution >= 0.6 is 0 Å². The van der Waals surface area contributed by atoms with Crippen molar-refractivity contribution in [3.63, 3.8) is 0 Å². The van der Waals surface area contributed by atoms with Gasteiger partial charge in [-0.1, -0.05) is 12.1 Å². The number of aryl methyl sites for hydroxylation is 1. The van der Waals surface area contributed by atoms with Gasteiger partial charge in [0.2, 0.25) is 0 Å². The van der Waals surface area contributed by atoms with Crippen molar-refractivity contribution >= 4 is 5.69 Å². The molecule has 2 aromatic heterocycles. The zero-order valence-electron chi connectivity index (χ0n) is 10.6. The lowest BCUT2D eigenvalue weighted by Crippen LogP contribution is -2.01. The molecule has 3 rings (SSSR count). The van der Waals surface area contributed by atoms with E-state index in [1.165, 1.54) is 0 Å². The standard InChI is InChI=1S/C14H14N4O/c1-18-10-16-17-14(18)12-6-2-3-7-13(12)15-9-11-5-4-8-19-11/h2-8,10,15H,9H2,1H3. The van der Waals surface area contributed by atoms with Gasteiger partial charge in [-0.3, -0.25) is 0 Å². The molecule has 0 radical (unpaired) electrons. The Morgan fingerprint density at radius 1 is 1.21 bits per heavy atom. The molecule has 96 valence electrons. The summed E-state index contributed by atoms with van der Waals surface area (Å²) in [6.07, 6.45) is 3.37. The normalized spacial score (nSPS) is 10.6. The molecule has 0 saturated carbocycles. The molecule has 0 aliphatic rings. The van der Waals surface area contributed by atoms with E-state index < -0.39 is 0 Å². The minimum Gasteiger partial charge on any atom is -0.467 e. The highest BCUT2D eigenvalue weighted by Gasteiger charge is 2.09. The number of rotatable bonds is 4. The molecule has 5 nitrogen and oxygen atoms in total. The van der Waals surface area contributed by atoms with Crippen LogP contribution in [0.1, 0.15) is 5.76 Å². The highest BCUT2D eigenvalue weighted by Crippen LogP contribution is 2.25. The molecule has 5 heteroatoms. The maximum atomic E-state index is 5.31. The number of nitrogens with zero attached hydrogens (tertiary/aromatic N) is 3. The van der Waals surface area contributed by atoms with Crippen molar-refractivity contribution < 1.29 is 4.42 Å². The smallest absolute Gasteiger partial charge is 0.165 e. The molecule has 1 N–H and O–H groups in total. The van der Waals surface area contributed by atoms with Gasteiger partial charge in [0, 0.05) is 18.3 Å². The Morgan fingerprint density at radius 2 is 2.11 bits per heavy atom. The molecule has 0 amide bonds. The van der Waals surface area contributed by atoms with Crippen molar-refractivity contribution in [3.05, 3.63) is 54.7 Å². The summed E-state index contributed by atoms with van der Waals surface area (Å²) in [7, 11) is 1.93. The number of hydrogen-bond acceptors (Lipinski definition) is 4. The second-order valence-electron chi connectivity index (χ2n) is 4.24. The molecule has 19 heavy (non-hydrogen) atoms. The monoisotopic (exact) mass is 254 g/mol. The molecule has 0 atom stereocenters. The van der Waals surface area contributed by atoms with E-state index in [0.717, 1.165) is 22.8 Å². The van der Waals surface area contributed by atoms with Crippen molar-refractivity contribution in [2.75, 3.05) is 5.32 Å². The largest absolute Gasteiger partial charge is 0.467 e. The van der Waals surface area contributed by atoms with Gasteiger partial charge in [-0.25, -0.2) is 0 Å². The average molecular weight is 254 g/mol. The van der Waals surface area contributed by atoms with E-state index in [9.17, 15) is 0 Å². The van der Waals surface area contributed by atoms with Gasteiger partial charge in [0.05, 0.1) is 12.8 Å². The van der Waals surface area contributed by atoms with E-state index in [4.69, 9.17) is 4.42 Å². The van der Waals surface area contributed by atoms with Crippen molar-refractivity contribution in [1.29, 1.82) is 0 Å². The zero-order valence-corrected chi connectivity index (χ0v) is 10.6. The number of anilines is 1. The quantitative estimate of drug-likeness (QED) is 0.777. The first kappa shape index (κ1) is 11.5. The van der Waals surface area contributed by atoms with Crippen LogP contribution in [0.3, 0.4) is 0 Å². The zero-order chi connectivity index (χ0) is 13.1. The summed E-state index contributed by atoms with van der Waals surface area (Å²) >= 11 is 0. The van der Waals surface area contributed by atoms with Crippen LogP contribution in [0.15, 0.2) is 53.4 Å². The van der Waals surface area contributed by atoms with E-state index in [-0.39, 0.29) is 0 Å². The minimum atomic E-state index is 0.641. The summed E-state index contributed by atoms with van der Waals surface area (Å²) < 4.78 is 7.21. The summed E-state index contributed by atoms with van der Waals surface area (Å²) in [5.41, 5.74) is 2.03. The topological polar surface area (TPSA) is 55.9 Å². The predicted octanol–water partition coefficient (Wildman–Crippen LogP) is 2.69. The second kappa shape index (κ2) is 4.97. The molecule has 1 aromatic carbocycles. The van der Waals surface area contributed by atoms with E-state index in [0.29, 0.717) is 6.54 Å². The molecule has 3 aromatic rings. The Kier molecular flexibility index (Phi) is 3.02. The summed E-state index contributed by atoms with van der Waals surface area (Å²) in [6, 6.07) is 11.8. The number of furan rings is 1. The first-order valence-corrected chi connectivity index (χ1v) is 6.04. The lowest BCUT2D eigenvalue weighted by Gasteiger charge is -2.10. The van der Waals surface area contributed by atoms with Crippen LogP contribution in [-0.2, 0) is 13.6 Å². The van der Waals surface area contributed by atoms with Gasteiger partial charge >= 0.3 is 0 Å². The number of aromatic nitrogens is 3. The lowest BCUT2D eigenvalue weighted by molar-refractivity contribution is 0.518. The molecule has 0 aliphatic carbocycles. The summed E-state index contributed by atoms with van der Waals surface area (Å²) in [5.74, 6) is 1.73. The molecular formula is C14H14N4O. The fourth-order valence-electron chi connectivity index (χ4n) is 1.95. The lowest BCUT2D eigenvalue weighted by atomic mass is 10.1. The Hall–Kier alpha value is -2.56. The Morgan fingerprint density at radius 3 is 2.84 bits per heavy atom. The van der Waals surface area contributed by atoms with Crippen LogP contribution in [-0.4, -0.2) is 14.8 Å². The molecule has 0 aliphatic heterocycles. The van der Waals surface area contributed by atoms with Gasteiger partial charge in [-0.05, 0) is 24.3 Å². The maximum Gasteiger partial charge on any atom is 0.165 e. The van der Waals surface area contributed by atoms with E-state index >= 15 is 0 Å². The third-order valence-corrected chi connectivity index (χ3v) is 2.91. The Balaban J connectivity index is 1.88. The summed E-state index contributed by atoms with van der Waals surface area (Å²) in [6.45, 7) is 0.641. The third-order valence-electron chi connectivity index (χ3n) is 2.91. The molecule has 0 bridgehead atoms. The first-order chi connectivity index (χ1) is 9.34.